The van der Waals surface area contributed by atoms with Gasteiger partial charge in [0.1, 0.15) is 12.4 Å². The molecule has 0 aliphatic rings. The molecule has 0 aliphatic carbocycles. The van der Waals surface area contributed by atoms with Gasteiger partial charge in [-0.15, -0.1) is 0 Å². The van der Waals surface area contributed by atoms with Crippen LogP contribution in [-0.4, -0.2) is 20.2 Å². The van der Waals surface area contributed by atoms with Crippen molar-refractivity contribution in [3.8, 4) is 5.75 Å². The van der Waals surface area contributed by atoms with E-state index in [4.69, 9.17) is 4.74 Å². The van der Waals surface area contributed by atoms with Crippen LogP contribution in [-0.2, 0) is 9.53 Å². The Morgan fingerprint density at radius 2 is 2.00 bits per heavy atom. The minimum absolute atomic E-state index is 0.301. The van der Waals surface area contributed by atoms with Gasteiger partial charge in [0.15, 0.2) is 0 Å². The highest BCUT2D eigenvalue weighted by Gasteiger charge is 1.89. The zero-order valence-corrected chi connectivity index (χ0v) is 7.97. The number of hydrogen-bond donors (Lipinski definition) is 0. The molecule has 0 heterocycles. The molecule has 0 radical (unpaired) electrons. The molecule has 0 unspecified atom stereocenters. The summed E-state index contributed by atoms with van der Waals surface area (Å²) in [6.07, 6.45) is 3.65. The Balaban J connectivity index is 2.50. The van der Waals surface area contributed by atoms with Gasteiger partial charge in [-0.2, -0.15) is 0 Å². The second-order valence-corrected chi connectivity index (χ2v) is 2.61. The highest BCUT2D eigenvalue weighted by molar-refractivity contribution is 5.50. The van der Waals surface area contributed by atoms with Crippen LogP contribution in [0.25, 0.3) is 6.08 Å². The predicted octanol–water partition coefficient (Wildman–Crippen LogP) is 1.88. The molecule has 0 saturated heterocycles. The molecule has 3 heteroatoms. The fourth-order valence-corrected chi connectivity index (χ4v) is 0.994. The van der Waals surface area contributed by atoms with Crippen LogP contribution in [0.5, 0.6) is 5.75 Å². The summed E-state index contributed by atoms with van der Waals surface area (Å²) in [5.74, 6) is 0.825. The maximum Gasteiger partial charge on any atom is 0.293 e. The van der Waals surface area contributed by atoms with Gasteiger partial charge in [0.05, 0.1) is 7.11 Å². The molecule has 0 atom stereocenters. The van der Waals surface area contributed by atoms with Gasteiger partial charge in [-0.3, -0.25) is 4.79 Å². The van der Waals surface area contributed by atoms with Gasteiger partial charge < -0.3 is 9.47 Å². The van der Waals surface area contributed by atoms with Crippen molar-refractivity contribution in [2.24, 2.45) is 0 Å². The van der Waals surface area contributed by atoms with E-state index in [-0.39, 0.29) is 0 Å². The lowest BCUT2D eigenvalue weighted by Crippen LogP contribution is -1.85. The summed E-state index contributed by atoms with van der Waals surface area (Å²) in [5.41, 5.74) is 1.04. The third kappa shape index (κ3) is 3.31. The largest absolute Gasteiger partial charge is 0.497 e. The zero-order valence-electron chi connectivity index (χ0n) is 7.97. The molecule has 0 aromatic heterocycles. The first-order chi connectivity index (χ1) is 6.86. The van der Waals surface area contributed by atoms with E-state index in [1.807, 2.05) is 30.3 Å². The Morgan fingerprint density at radius 3 is 2.57 bits per heavy atom. The van der Waals surface area contributed by atoms with Crippen LogP contribution in [0.2, 0.25) is 0 Å². The summed E-state index contributed by atoms with van der Waals surface area (Å²) in [7, 11) is 1.63. The maximum atomic E-state index is 9.83. The second kappa shape index (κ2) is 5.80. The average Bonchev–Trinajstić information content (AvgIpc) is 2.25. The summed E-state index contributed by atoms with van der Waals surface area (Å²) < 4.78 is 9.53. The van der Waals surface area contributed by atoms with Crippen LogP contribution < -0.4 is 4.74 Å². The number of methoxy groups -OCH3 is 1. The van der Waals surface area contributed by atoms with Crippen LogP contribution in [0.15, 0.2) is 30.3 Å². The highest BCUT2D eigenvalue weighted by Crippen LogP contribution is 2.11. The topological polar surface area (TPSA) is 35.5 Å². The molecule has 0 saturated carbocycles. The minimum Gasteiger partial charge on any atom is -0.497 e. The van der Waals surface area contributed by atoms with Crippen molar-refractivity contribution in [3.63, 3.8) is 0 Å². The first-order valence-electron chi connectivity index (χ1n) is 4.22. The number of hydrogen-bond acceptors (Lipinski definition) is 3. The molecular weight excluding hydrogens is 180 g/mol. The number of carbonyl (C=O) groups is 1. The molecule has 1 rings (SSSR count). The van der Waals surface area contributed by atoms with E-state index in [1.165, 1.54) is 0 Å². The quantitative estimate of drug-likeness (QED) is 0.528. The highest BCUT2D eigenvalue weighted by atomic mass is 16.5. The Bertz CT molecular complexity index is 301. The van der Waals surface area contributed by atoms with E-state index < -0.39 is 0 Å². The van der Waals surface area contributed by atoms with Gasteiger partial charge in [0.2, 0.25) is 0 Å². The lowest BCUT2D eigenvalue weighted by atomic mass is 10.2. The molecular formula is C11H12O3. The molecule has 0 amide bonds. The summed E-state index contributed by atoms with van der Waals surface area (Å²) in [6, 6.07) is 7.60. The van der Waals surface area contributed by atoms with Gasteiger partial charge in [-0.25, -0.2) is 0 Å². The minimum atomic E-state index is 0.301. The third-order valence-corrected chi connectivity index (χ3v) is 1.69. The van der Waals surface area contributed by atoms with E-state index >= 15 is 0 Å². The average molecular weight is 192 g/mol. The Morgan fingerprint density at radius 1 is 1.29 bits per heavy atom. The monoisotopic (exact) mass is 192 g/mol. The van der Waals surface area contributed by atoms with E-state index in [9.17, 15) is 4.79 Å². The van der Waals surface area contributed by atoms with Crippen molar-refractivity contribution in [3.05, 3.63) is 35.9 Å². The first kappa shape index (κ1) is 10.3. The Hall–Kier alpha value is -1.77. The first-order valence-corrected chi connectivity index (χ1v) is 4.22. The van der Waals surface area contributed by atoms with E-state index in [0.717, 1.165) is 11.3 Å². The molecule has 3 nitrogen and oxygen atoms in total. The third-order valence-electron chi connectivity index (χ3n) is 1.69. The van der Waals surface area contributed by atoms with Crippen molar-refractivity contribution in [1.82, 2.24) is 0 Å². The SMILES string of the molecule is COc1ccc(/C=C/COC=O)cc1. The number of carbonyl (C=O) groups excluding carboxylic acids is 1. The van der Waals surface area contributed by atoms with E-state index in [2.05, 4.69) is 4.74 Å². The summed E-state index contributed by atoms with van der Waals surface area (Å²) in [6.45, 7) is 0.730. The number of rotatable bonds is 5. The molecule has 0 spiro atoms. The van der Waals surface area contributed by atoms with Crippen LogP contribution in [0.3, 0.4) is 0 Å². The van der Waals surface area contributed by atoms with Crippen molar-refractivity contribution >= 4 is 12.5 Å². The Kier molecular flexibility index (Phi) is 4.27. The standard InChI is InChI=1S/C11H12O3/c1-13-11-6-4-10(5-7-11)3-2-8-14-9-12/h2-7,9H,8H2,1H3/b3-2+. The van der Waals surface area contributed by atoms with Gasteiger partial charge in [-0.05, 0) is 23.8 Å². The van der Waals surface area contributed by atoms with Crippen LogP contribution >= 0.6 is 0 Å². The lowest BCUT2D eigenvalue weighted by Gasteiger charge is -1.98. The zero-order chi connectivity index (χ0) is 10.2. The van der Waals surface area contributed by atoms with Crippen LogP contribution in [0.4, 0.5) is 0 Å². The number of ether oxygens (including phenoxy) is 2. The van der Waals surface area contributed by atoms with Crippen molar-refractivity contribution in [2.75, 3.05) is 13.7 Å². The summed E-state index contributed by atoms with van der Waals surface area (Å²) in [4.78, 5) is 9.83. The van der Waals surface area contributed by atoms with Gasteiger partial charge >= 0.3 is 0 Å². The summed E-state index contributed by atoms with van der Waals surface area (Å²) >= 11 is 0. The fourth-order valence-electron chi connectivity index (χ4n) is 0.994. The van der Waals surface area contributed by atoms with E-state index in [0.29, 0.717) is 13.1 Å². The Labute approximate surface area is 83.0 Å². The molecule has 0 aliphatic heterocycles. The predicted molar refractivity (Wildman–Crippen MR) is 54.0 cm³/mol. The molecule has 1 aromatic carbocycles. The molecule has 0 bridgehead atoms. The van der Waals surface area contributed by atoms with Gasteiger partial charge in [0.25, 0.3) is 6.47 Å². The number of benzene rings is 1. The van der Waals surface area contributed by atoms with Crippen molar-refractivity contribution in [1.29, 1.82) is 0 Å². The molecule has 0 fully saturated rings. The molecule has 74 valence electrons. The smallest absolute Gasteiger partial charge is 0.293 e. The fraction of sp³-hybridized carbons (Fsp3) is 0.182. The van der Waals surface area contributed by atoms with Crippen LogP contribution in [0, 0.1) is 0 Å². The van der Waals surface area contributed by atoms with Crippen LogP contribution in [0.1, 0.15) is 5.56 Å². The van der Waals surface area contributed by atoms with Gasteiger partial charge in [-0.1, -0.05) is 18.2 Å². The normalized spacial score (nSPS) is 10.1. The summed E-state index contributed by atoms with van der Waals surface area (Å²) in [5, 5.41) is 0. The molecule has 0 N–H and O–H groups in total. The molecule has 14 heavy (non-hydrogen) atoms. The van der Waals surface area contributed by atoms with Gasteiger partial charge in [0, 0.05) is 0 Å². The molecule has 1 aromatic rings. The lowest BCUT2D eigenvalue weighted by molar-refractivity contribution is -0.127. The van der Waals surface area contributed by atoms with E-state index in [1.54, 1.807) is 13.2 Å². The second-order valence-electron chi connectivity index (χ2n) is 2.61. The maximum absolute atomic E-state index is 9.83. The van der Waals surface area contributed by atoms with Crippen molar-refractivity contribution < 1.29 is 14.3 Å². The van der Waals surface area contributed by atoms with Crippen molar-refractivity contribution in [2.45, 2.75) is 0 Å².